The van der Waals surface area contributed by atoms with Crippen molar-refractivity contribution < 1.29 is 4.79 Å². The van der Waals surface area contributed by atoms with E-state index in [1.54, 1.807) is 6.07 Å². The van der Waals surface area contributed by atoms with Crippen molar-refractivity contribution >= 4 is 11.7 Å². The number of hydrogen-bond donors (Lipinski definition) is 0. The van der Waals surface area contributed by atoms with Gasteiger partial charge in [-0.2, -0.15) is 0 Å². The highest BCUT2D eigenvalue weighted by molar-refractivity contribution is 5.92. The first kappa shape index (κ1) is 16.4. The van der Waals surface area contributed by atoms with Crippen molar-refractivity contribution in [1.29, 1.82) is 0 Å². The van der Waals surface area contributed by atoms with Gasteiger partial charge in [0.25, 0.3) is 5.91 Å². The fraction of sp³-hybridized carbons (Fsp3) is 0.421. The number of nitrogens with zero attached hydrogens (tertiary/aromatic N) is 4. The summed E-state index contributed by atoms with van der Waals surface area (Å²) >= 11 is 0. The van der Waals surface area contributed by atoms with Crippen LogP contribution < -0.4 is 4.90 Å². The third-order valence-corrected chi connectivity index (χ3v) is 4.42. The number of aromatic nitrogens is 2. The molecule has 0 atom stereocenters. The Hall–Kier alpha value is -2.43. The number of carbonyl (C=O) groups excluding carboxylic acids is 1. The van der Waals surface area contributed by atoms with Crippen LogP contribution in [0.5, 0.6) is 0 Å². The van der Waals surface area contributed by atoms with Gasteiger partial charge < -0.3 is 9.80 Å². The Bertz CT molecular complexity index is 666. The van der Waals surface area contributed by atoms with E-state index in [0.29, 0.717) is 5.69 Å². The molecule has 1 aromatic heterocycles. The summed E-state index contributed by atoms with van der Waals surface area (Å²) in [5.74, 6) is 0.792. The van der Waals surface area contributed by atoms with E-state index in [0.717, 1.165) is 38.3 Å². The molecular formula is C19H24N4O. The summed E-state index contributed by atoms with van der Waals surface area (Å²) < 4.78 is 0. The van der Waals surface area contributed by atoms with Crippen molar-refractivity contribution in [3.05, 3.63) is 54.0 Å². The largest absolute Gasteiger partial charge is 0.355 e. The van der Waals surface area contributed by atoms with Gasteiger partial charge in [0.15, 0.2) is 0 Å². The summed E-state index contributed by atoms with van der Waals surface area (Å²) in [6, 6.07) is 12.0. The molecule has 1 fully saturated rings. The van der Waals surface area contributed by atoms with Crippen molar-refractivity contribution in [1.82, 2.24) is 14.9 Å². The average Bonchev–Trinajstić information content (AvgIpc) is 2.91. The maximum absolute atomic E-state index is 12.7. The zero-order valence-corrected chi connectivity index (χ0v) is 14.2. The zero-order chi connectivity index (χ0) is 16.8. The van der Waals surface area contributed by atoms with Crippen molar-refractivity contribution in [2.75, 3.05) is 25.0 Å². The van der Waals surface area contributed by atoms with E-state index in [2.05, 4.69) is 22.1 Å². The third-order valence-electron chi connectivity index (χ3n) is 4.42. The summed E-state index contributed by atoms with van der Waals surface area (Å²) in [5, 5.41) is 0. The lowest BCUT2D eigenvalue weighted by atomic mass is 10.2. The zero-order valence-electron chi connectivity index (χ0n) is 14.2. The number of carbonyl (C=O) groups is 1. The van der Waals surface area contributed by atoms with E-state index in [9.17, 15) is 4.79 Å². The molecule has 24 heavy (non-hydrogen) atoms. The number of amides is 1. The van der Waals surface area contributed by atoms with Crippen molar-refractivity contribution in [2.24, 2.45) is 0 Å². The molecular weight excluding hydrogens is 300 g/mol. The van der Waals surface area contributed by atoms with E-state index < -0.39 is 0 Å². The predicted molar refractivity (Wildman–Crippen MR) is 95.0 cm³/mol. The summed E-state index contributed by atoms with van der Waals surface area (Å²) in [5.41, 5.74) is 1.70. The van der Waals surface area contributed by atoms with Crippen LogP contribution in [0.2, 0.25) is 0 Å². The maximum Gasteiger partial charge on any atom is 0.272 e. The molecule has 5 heteroatoms. The van der Waals surface area contributed by atoms with Gasteiger partial charge in [-0.25, -0.2) is 9.97 Å². The average molecular weight is 324 g/mol. The number of anilines is 1. The maximum atomic E-state index is 12.7. The molecule has 0 bridgehead atoms. The molecule has 0 unspecified atom stereocenters. The van der Waals surface area contributed by atoms with Crippen molar-refractivity contribution in [3.8, 4) is 0 Å². The minimum atomic E-state index is 0.0219. The monoisotopic (exact) mass is 324 g/mol. The molecule has 0 radical (unpaired) electrons. The van der Waals surface area contributed by atoms with E-state index >= 15 is 0 Å². The summed E-state index contributed by atoms with van der Waals surface area (Å²) in [4.78, 5) is 25.2. The van der Waals surface area contributed by atoms with Crippen LogP contribution in [0.15, 0.2) is 42.7 Å². The summed E-state index contributed by atoms with van der Waals surface area (Å²) in [6.07, 6.45) is 6.06. The molecule has 126 valence electrons. The van der Waals surface area contributed by atoms with E-state index in [4.69, 9.17) is 0 Å². The normalized spacial score (nSPS) is 15.0. The van der Waals surface area contributed by atoms with Gasteiger partial charge in [0.1, 0.15) is 17.8 Å². The first-order chi connectivity index (χ1) is 11.7. The molecule has 0 N–H and O–H groups in total. The SMILES string of the molecule is CN(Cc1ccccc1)c1cc(C(=O)N2CCCCCC2)ncn1. The molecule has 0 aliphatic carbocycles. The van der Waals surface area contributed by atoms with Gasteiger partial charge in [-0.05, 0) is 18.4 Å². The molecule has 2 aromatic rings. The number of likely N-dealkylation sites (tertiary alicyclic amines) is 1. The van der Waals surface area contributed by atoms with Crippen LogP contribution in [0.4, 0.5) is 5.82 Å². The number of rotatable bonds is 4. The quantitative estimate of drug-likeness (QED) is 0.867. The Morgan fingerprint density at radius 1 is 1.08 bits per heavy atom. The predicted octanol–water partition coefficient (Wildman–Crippen LogP) is 3.13. The first-order valence-electron chi connectivity index (χ1n) is 8.60. The Morgan fingerprint density at radius 2 is 1.79 bits per heavy atom. The first-order valence-corrected chi connectivity index (χ1v) is 8.60. The topological polar surface area (TPSA) is 49.3 Å². The smallest absolute Gasteiger partial charge is 0.272 e. The van der Waals surface area contributed by atoms with Crippen LogP contribution in [0.1, 0.15) is 41.7 Å². The third kappa shape index (κ3) is 4.10. The highest BCUT2D eigenvalue weighted by Crippen LogP contribution is 2.16. The molecule has 3 rings (SSSR count). The van der Waals surface area contributed by atoms with E-state index in [1.807, 2.05) is 35.0 Å². The Morgan fingerprint density at radius 3 is 2.50 bits per heavy atom. The van der Waals surface area contributed by atoms with Crippen LogP contribution in [0.25, 0.3) is 0 Å². The molecule has 1 saturated heterocycles. The molecule has 1 amide bonds. The van der Waals surface area contributed by atoms with Gasteiger partial charge in [0.2, 0.25) is 0 Å². The second-order valence-electron chi connectivity index (χ2n) is 6.31. The van der Waals surface area contributed by atoms with Gasteiger partial charge in [-0.15, -0.1) is 0 Å². The molecule has 0 spiro atoms. The lowest BCUT2D eigenvalue weighted by Gasteiger charge is -2.21. The number of benzene rings is 1. The van der Waals surface area contributed by atoms with Crippen molar-refractivity contribution in [3.63, 3.8) is 0 Å². The highest BCUT2D eigenvalue weighted by atomic mass is 16.2. The number of hydrogen-bond acceptors (Lipinski definition) is 4. The van der Waals surface area contributed by atoms with E-state index in [1.165, 1.54) is 24.7 Å². The molecule has 0 saturated carbocycles. The van der Waals surface area contributed by atoms with Gasteiger partial charge in [-0.3, -0.25) is 4.79 Å². The van der Waals surface area contributed by atoms with Crippen LogP contribution in [0, 0.1) is 0 Å². The molecule has 2 heterocycles. The van der Waals surface area contributed by atoms with Gasteiger partial charge in [-0.1, -0.05) is 43.2 Å². The van der Waals surface area contributed by atoms with Crippen molar-refractivity contribution in [2.45, 2.75) is 32.2 Å². The van der Waals surface area contributed by atoms with E-state index in [-0.39, 0.29) is 5.91 Å². The van der Waals surface area contributed by atoms with Gasteiger partial charge >= 0.3 is 0 Å². The van der Waals surface area contributed by atoms with Gasteiger partial charge in [0, 0.05) is 32.7 Å². The Kier molecular flexibility index (Phi) is 5.41. The molecule has 5 nitrogen and oxygen atoms in total. The fourth-order valence-corrected chi connectivity index (χ4v) is 3.05. The van der Waals surface area contributed by atoms with Gasteiger partial charge in [0.05, 0.1) is 0 Å². The lowest BCUT2D eigenvalue weighted by molar-refractivity contribution is 0.0755. The van der Waals surface area contributed by atoms with Crippen LogP contribution >= 0.6 is 0 Å². The molecule has 1 aromatic carbocycles. The highest BCUT2D eigenvalue weighted by Gasteiger charge is 2.19. The fourth-order valence-electron chi connectivity index (χ4n) is 3.05. The molecule has 1 aliphatic rings. The minimum Gasteiger partial charge on any atom is -0.355 e. The molecule has 1 aliphatic heterocycles. The summed E-state index contributed by atoms with van der Waals surface area (Å²) in [6.45, 7) is 2.41. The summed E-state index contributed by atoms with van der Waals surface area (Å²) in [7, 11) is 1.98. The van der Waals surface area contributed by atoms with Crippen LogP contribution in [-0.2, 0) is 6.54 Å². The Labute approximate surface area is 143 Å². The Balaban J connectivity index is 1.72. The standard InChI is InChI=1S/C19H24N4O/c1-22(14-16-9-5-4-6-10-16)18-13-17(20-15-21-18)19(24)23-11-7-2-3-8-12-23/h4-6,9-10,13,15H,2-3,7-8,11-12,14H2,1H3. The lowest BCUT2D eigenvalue weighted by Crippen LogP contribution is -2.32. The van der Waals surface area contributed by atoms with Crippen LogP contribution in [0.3, 0.4) is 0 Å². The van der Waals surface area contributed by atoms with Crippen LogP contribution in [-0.4, -0.2) is 40.9 Å². The minimum absolute atomic E-state index is 0.0219. The second-order valence-corrected chi connectivity index (χ2v) is 6.31. The second kappa shape index (κ2) is 7.90.